The van der Waals surface area contributed by atoms with Crippen LogP contribution in [0.3, 0.4) is 0 Å². The van der Waals surface area contributed by atoms with Gasteiger partial charge in [-0.05, 0) is 22.0 Å². The van der Waals surface area contributed by atoms with E-state index in [-0.39, 0.29) is 10.4 Å². The zero-order valence-corrected chi connectivity index (χ0v) is 6.37. The standard InChI is InChI=1S/C5H3BrN2O2/c6-5-7-2-1-3(8-5)4(9)10/h1-2H,(H,9,10). The Hall–Kier alpha value is -0.970. The Morgan fingerprint density at radius 3 is 2.80 bits per heavy atom. The highest BCUT2D eigenvalue weighted by molar-refractivity contribution is 9.10. The lowest BCUT2D eigenvalue weighted by atomic mass is 10.4. The van der Waals surface area contributed by atoms with Crippen LogP contribution in [-0.4, -0.2) is 21.0 Å². The molecule has 5 heteroatoms. The second-order valence-electron chi connectivity index (χ2n) is 1.52. The minimum atomic E-state index is -1.05. The second kappa shape index (κ2) is 2.74. The van der Waals surface area contributed by atoms with E-state index in [0.29, 0.717) is 0 Å². The molecule has 0 bridgehead atoms. The molecule has 0 aliphatic carbocycles. The van der Waals surface area contributed by atoms with E-state index in [1.54, 1.807) is 0 Å². The van der Waals surface area contributed by atoms with Gasteiger partial charge in [0.25, 0.3) is 0 Å². The molecule has 1 rings (SSSR count). The van der Waals surface area contributed by atoms with Crippen molar-refractivity contribution in [2.75, 3.05) is 0 Å². The minimum Gasteiger partial charge on any atom is -0.477 e. The Balaban J connectivity index is 3.07. The fraction of sp³-hybridized carbons (Fsp3) is 0. The van der Waals surface area contributed by atoms with Crippen molar-refractivity contribution >= 4 is 21.9 Å². The van der Waals surface area contributed by atoms with Gasteiger partial charge in [-0.2, -0.15) is 0 Å². The third kappa shape index (κ3) is 1.51. The summed E-state index contributed by atoms with van der Waals surface area (Å²) < 4.78 is 0.285. The van der Waals surface area contributed by atoms with Gasteiger partial charge < -0.3 is 5.11 Å². The fourth-order valence-electron chi connectivity index (χ4n) is 0.454. The normalized spacial score (nSPS) is 9.30. The third-order valence-corrected chi connectivity index (χ3v) is 1.23. The van der Waals surface area contributed by atoms with Crippen molar-refractivity contribution in [1.82, 2.24) is 9.97 Å². The highest BCUT2D eigenvalue weighted by atomic mass is 79.9. The molecule has 0 atom stereocenters. The molecule has 0 aromatic carbocycles. The zero-order valence-electron chi connectivity index (χ0n) is 4.78. The van der Waals surface area contributed by atoms with E-state index < -0.39 is 5.97 Å². The van der Waals surface area contributed by atoms with Crippen LogP contribution in [0.5, 0.6) is 0 Å². The number of carboxylic acids is 1. The van der Waals surface area contributed by atoms with Gasteiger partial charge in [-0.25, -0.2) is 14.8 Å². The van der Waals surface area contributed by atoms with Gasteiger partial charge >= 0.3 is 5.97 Å². The number of halogens is 1. The van der Waals surface area contributed by atoms with Crippen LogP contribution < -0.4 is 0 Å². The second-order valence-corrected chi connectivity index (χ2v) is 2.23. The Morgan fingerprint density at radius 1 is 1.70 bits per heavy atom. The number of hydrogen-bond donors (Lipinski definition) is 1. The summed E-state index contributed by atoms with van der Waals surface area (Å²) in [6.07, 6.45) is 1.38. The average molecular weight is 203 g/mol. The van der Waals surface area contributed by atoms with E-state index in [2.05, 4.69) is 25.9 Å². The summed E-state index contributed by atoms with van der Waals surface area (Å²) in [7, 11) is 0. The molecule has 0 unspecified atom stereocenters. The summed E-state index contributed by atoms with van der Waals surface area (Å²) in [6.45, 7) is 0. The molecule has 52 valence electrons. The van der Waals surface area contributed by atoms with Gasteiger partial charge in [-0.3, -0.25) is 0 Å². The third-order valence-electron chi connectivity index (χ3n) is 0.845. The van der Waals surface area contributed by atoms with Crippen LogP contribution in [0.4, 0.5) is 0 Å². The predicted octanol–water partition coefficient (Wildman–Crippen LogP) is 0.937. The molecular weight excluding hydrogens is 200 g/mol. The van der Waals surface area contributed by atoms with Crippen LogP contribution >= 0.6 is 15.9 Å². The van der Waals surface area contributed by atoms with E-state index in [0.717, 1.165) is 0 Å². The largest absolute Gasteiger partial charge is 0.477 e. The molecule has 1 N–H and O–H groups in total. The van der Waals surface area contributed by atoms with Crippen molar-refractivity contribution in [1.29, 1.82) is 0 Å². The number of rotatable bonds is 1. The van der Waals surface area contributed by atoms with Gasteiger partial charge in [0.15, 0.2) is 10.4 Å². The van der Waals surface area contributed by atoms with E-state index in [4.69, 9.17) is 5.11 Å². The lowest BCUT2D eigenvalue weighted by molar-refractivity contribution is 0.0690. The Labute approximate surface area is 65.1 Å². The summed E-state index contributed by atoms with van der Waals surface area (Å²) >= 11 is 2.94. The van der Waals surface area contributed by atoms with Crippen molar-refractivity contribution < 1.29 is 9.90 Å². The first-order valence-corrected chi connectivity index (χ1v) is 3.21. The molecule has 1 aromatic rings. The summed E-state index contributed by atoms with van der Waals surface area (Å²) in [5.74, 6) is -1.05. The fourth-order valence-corrected chi connectivity index (χ4v) is 0.763. The number of aromatic nitrogens is 2. The predicted molar refractivity (Wildman–Crippen MR) is 36.7 cm³/mol. The monoisotopic (exact) mass is 202 g/mol. The molecular formula is C5H3BrN2O2. The van der Waals surface area contributed by atoms with Crippen LogP contribution in [-0.2, 0) is 0 Å². The highest BCUT2D eigenvalue weighted by Crippen LogP contribution is 2.01. The first-order chi connectivity index (χ1) is 4.70. The van der Waals surface area contributed by atoms with Crippen LogP contribution in [0.15, 0.2) is 17.0 Å². The van der Waals surface area contributed by atoms with Gasteiger partial charge in [0, 0.05) is 6.20 Å². The maximum absolute atomic E-state index is 10.2. The van der Waals surface area contributed by atoms with E-state index in [1.165, 1.54) is 12.3 Å². The summed E-state index contributed by atoms with van der Waals surface area (Å²) in [4.78, 5) is 17.5. The van der Waals surface area contributed by atoms with Crippen molar-refractivity contribution in [2.45, 2.75) is 0 Å². The quantitative estimate of drug-likeness (QED) is 0.689. The summed E-state index contributed by atoms with van der Waals surface area (Å²) in [5.41, 5.74) is -0.0122. The Bertz CT molecular complexity index is 264. The molecule has 0 fully saturated rings. The Kier molecular flexibility index (Phi) is 1.96. The molecule has 0 radical (unpaired) electrons. The van der Waals surface area contributed by atoms with Crippen molar-refractivity contribution in [2.24, 2.45) is 0 Å². The Morgan fingerprint density at radius 2 is 2.40 bits per heavy atom. The minimum absolute atomic E-state index is 0.0122. The SMILES string of the molecule is O=C(O)c1ccnc(Br)n1. The molecule has 1 heterocycles. The molecule has 0 saturated heterocycles. The molecule has 0 spiro atoms. The lowest BCUT2D eigenvalue weighted by Gasteiger charge is -1.90. The number of hydrogen-bond acceptors (Lipinski definition) is 3. The molecule has 0 amide bonds. The maximum atomic E-state index is 10.2. The van der Waals surface area contributed by atoms with E-state index in [9.17, 15) is 4.79 Å². The molecule has 0 aliphatic rings. The summed E-state index contributed by atoms with van der Waals surface area (Å²) in [5, 5.41) is 8.40. The van der Waals surface area contributed by atoms with Gasteiger partial charge in [0.1, 0.15) is 0 Å². The zero-order chi connectivity index (χ0) is 7.56. The van der Waals surface area contributed by atoms with E-state index in [1.807, 2.05) is 0 Å². The van der Waals surface area contributed by atoms with Gasteiger partial charge in [-0.1, -0.05) is 0 Å². The topological polar surface area (TPSA) is 63.1 Å². The summed E-state index contributed by atoms with van der Waals surface area (Å²) in [6, 6.07) is 1.33. The number of carboxylic acid groups (broad SMARTS) is 1. The maximum Gasteiger partial charge on any atom is 0.354 e. The van der Waals surface area contributed by atoms with Crippen LogP contribution in [0.2, 0.25) is 0 Å². The van der Waals surface area contributed by atoms with Gasteiger partial charge in [-0.15, -0.1) is 0 Å². The van der Waals surface area contributed by atoms with Gasteiger partial charge in [0.2, 0.25) is 0 Å². The molecule has 10 heavy (non-hydrogen) atoms. The van der Waals surface area contributed by atoms with Crippen molar-refractivity contribution in [3.63, 3.8) is 0 Å². The van der Waals surface area contributed by atoms with Crippen LogP contribution in [0.25, 0.3) is 0 Å². The highest BCUT2D eigenvalue weighted by Gasteiger charge is 2.02. The van der Waals surface area contributed by atoms with E-state index >= 15 is 0 Å². The average Bonchev–Trinajstić information content (AvgIpc) is 1.88. The van der Waals surface area contributed by atoms with Gasteiger partial charge in [0.05, 0.1) is 0 Å². The number of carbonyl (C=O) groups is 1. The van der Waals surface area contributed by atoms with Crippen molar-refractivity contribution in [3.05, 3.63) is 22.7 Å². The number of aromatic carboxylic acids is 1. The first kappa shape index (κ1) is 7.14. The van der Waals surface area contributed by atoms with Crippen LogP contribution in [0.1, 0.15) is 10.5 Å². The van der Waals surface area contributed by atoms with Crippen molar-refractivity contribution in [3.8, 4) is 0 Å². The molecule has 4 nitrogen and oxygen atoms in total. The molecule has 0 saturated carbocycles. The van der Waals surface area contributed by atoms with Crippen LogP contribution in [0, 0.1) is 0 Å². The molecule has 1 aromatic heterocycles. The smallest absolute Gasteiger partial charge is 0.354 e. The lowest BCUT2D eigenvalue weighted by Crippen LogP contribution is -2.00. The first-order valence-electron chi connectivity index (χ1n) is 2.42. The molecule has 0 aliphatic heterocycles. The number of nitrogens with zero attached hydrogens (tertiary/aromatic N) is 2.